The largest absolute Gasteiger partial charge is 0.493 e. The molecule has 0 aromatic heterocycles. The van der Waals surface area contributed by atoms with Gasteiger partial charge in [-0.05, 0) is 99.3 Å². The Kier molecular flexibility index (Phi) is 11.9. The smallest absolute Gasteiger partial charge is 0.261 e. The van der Waals surface area contributed by atoms with E-state index in [1.54, 1.807) is 104 Å². The molecule has 12 heteroatoms. The van der Waals surface area contributed by atoms with Gasteiger partial charge < -0.3 is 29.5 Å². The third kappa shape index (κ3) is 8.77. The van der Waals surface area contributed by atoms with Crippen LogP contribution in [-0.2, 0) is 6.61 Å². The second-order valence-electron chi connectivity index (χ2n) is 14.4. The molecule has 5 aromatic carbocycles. The van der Waals surface area contributed by atoms with E-state index in [0.717, 1.165) is 24.2 Å². The van der Waals surface area contributed by atoms with E-state index < -0.39 is 5.91 Å². The van der Waals surface area contributed by atoms with Crippen molar-refractivity contribution in [1.82, 2.24) is 14.7 Å². The number of ether oxygens (including phenoxy) is 2. The Morgan fingerprint density at radius 1 is 0.741 bits per heavy atom. The van der Waals surface area contributed by atoms with Crippen molar-refractivity contribution in [3.05, 3.63) is 154 Å². The maximum Gasteiger partial charge on any atom is 0.261 e. The van der Waals surface area contributed by atoms with Crippen LogP contribution in [0.25, 0.3) is 0 Å². The molecule has 296 valence electrons. The minimum atomic E-state index is -0.394. The number of likely N-dealkylation sites (N-methyl/N-ethyl adjacent to an activating group) is 1. The number of imide groups is 1. The number of hydrogen-bond donors (Lipinski definition) is 1. The molecular formula is C46H45N5O7. The van der Waals surface area contributed by atoms with Crippen LogP contribution in [0.1, 0.15) is 69.3 Å². The number of hydrogen-bond acceptors (Lipinski definition) is 8. The molecule has 1 fully saturated rings. The first-order chi connectivity index (χ1) is 28.1. The summed E-state index contributed by atoms with van der Waals surface area (Å²) in [4.78, 5) is 72.3. The minimum absolute atomic E-state index is 0.0186. The molecule has 58 heavy (non-hydrogen) atoms. The lowest BCUT2D eigenvalue weighted by molar-refractivity contribution is 0.0641. The van der Waals surface area contributed by atoms with Gasteiger partial charge in [-0.1, -0.05) is 42.0 Å². The highest BCUT2D eigenvalue weighted by molar-refractivity contribution is 6.21. The third-order valence-corrected chi connectivity index (χ3v) is 10.4. The fourth-order valence-electron chi connectivity index (χ4n) is 6.95. The first kappa shape index (κ1) is 39.4. The summed E-state index contributed by atoms with van der Waals surface area (Å²) in [6.45, 7) is 5.66. The quantitative estimate of drug-likeness (QED) is 0.105. The molecule has 0 atom stereocenters. The number of fused-ring (bicyclic) bond motifs is 1. The van der Waals surface area contributed by atoms with Gasteiger partial charge in [0.05, 0.1) is 23.3 Å². The molecule has 1 N–H and O–H groups in total. The lowest BCUT2D eigenvalue weighted by Gasteiger charge is -2.33. The number of carbonyl (C=O) groups is 5. The summed E-state index contributed by atoms with van der Waals surface area (Å²) in [6, 6.07) is 33.2. The van der Waals surface area contributed by atoms with Gasteiger partial charge in [0.1, 0.15) is 18.1 Å². The second kappa shape index (κ2) is 17.6. The lowest BCUT2D eigenvalue weighted by atomic mass is 10.0. The molecule has 0 spiro atoms. The van der Waals surface area contributed by atoms with Crippen molar-refractivity contribution in [2.75, 3.05) is 63.6 Å². The van der Waals surface area contributed by atoms with E-state index in [1.807, 2.05) is 30.0 Å². The number of piperazine rings is 1. The van der Waals surface area contributed by atoms with Crippen LogP contribution in [0.5, 0.6) is 11.5 Å². The Labute approximate surface area is 337 Å². The van der Waals surface area contributed by atoms with E-state index in [-0.39, 0.29) is 43.4 Å². The van der Waals surface area contributed by atoms with E-state index in [2.05, 4.69) is 17.3 Å². The molecule has 5 amide bonds. The average molecular weight is 780 g/mol. The van der Waals surface area contributed by atoms with Gasteiger partial charge in [-0.3, -0.25) is 28.9 Å². The molecule has 0 bridgehead atoms. The number of nitrogens with one attached hydrogen (secondary N) is 1. The summed E-state index contributed by atoms with van der Waals surface area (Å²) in [7, 11) is 3.75. The van der Waals surface area contributed by atoms with Crippen molar-refractivity contribution in [3.8, 4) is 11.5 Å². The molecule has 0 unspecified atom stereocenters. The molecule has 7 rings (SSSR count). The van der Waals surface area contributed by atoms with Crippen molar-refractivity contribution in [1.29, 1.82) is 0 Å². The molecule has 0 radical (unpaired) electrons. The fourth-order valence-corrected chi connectivity index (χ4v) is 6.95. The van der Waals surface area contributed by atoms with Gasteiger partial charge in [0.25, 0.3) is 29.5 Å². The molecule has 0 aliphatic carbocycles. The van der Waals surface area contributed by atoms with E-state index in [0.29, 0.717) is 70.2 Å². The van der Waals surface area contributed by atoms with Gasteiger partial charge >= 0.3 is 0 Å². The zero-order valence-electron chi connectivity index (χ0n) is 32.8. The van der Waals surface area contributed by atoms with Gasteiger partial charge in [0.15, 0.2) is 0 Å². The van der Waals surface area contributed by atoms with Crippen molar-refractivity contribution >= 4 is 40.9 Å². The van der Waals surface area contributed by atoms with E-state index in [4.69, 9.17) is 9.47 Å². The minimum Gasteiger partial charge on any atom is -0.493 e. The van der Waals surface area contributed by atoms with Crippen molar-refractivity contribution in [2.45, 2.75) is 20.0 Å². The summed E-state index contributed by atoms with van der Waals surface area (Å²) < 4.78 is 12.0. The Balaban J connectivity index is 0.903. The number of para-hydroxylation sites is 1. The number of amides is 5. The predicted octanol–water partition coefficient (Wildman–Crippen LogP) is 6.56. The number of carbonyl (C=O) groups excluding carboxylic acids is 5. The number of anilines is 2. The predicted molar refractivity (Wildman–Crippen MR) is 221 cm³/mol. The van der Waals surface area contributed by atoms with Gasteiger partial charge in [0, 0.05) is 67.8 Å². The summed E-state index contributed by atoms with van der Waals surface area (Å²) in [6.07, 6.45) is 0.388. The Morgan fingerprint density at radius 2 is 1.40 bits per heavy atom. The molecule has 0 saturated carbocycles. The van der Waals surface area contributed by atoms with Crippen LogP contribution in [0.2, 0.25) is 0 Å². The van der Waals surface area contributed by atoms with Gasteiger partial charge in [-0.2, -0.15) is 0 Å². The van der Waals surface area contributed by atoms with Crippen molar-refractivity contribution in [3.63, 3.8) is 0 Å². The second-order valence-corrected chi connectivity index (χ2v) is 14.4. The summed E-state index contributed by atoms with van der Waals surface area (Å²) in [5, 5.41) is 2.86. The van der Waals surface area contributed by atoms with Crippen molar-refractivity contribution < 1.29 is 33.4 Å². The SMILES string of the molecule is Cc1ccc(COc2ccc(N(C)C(=O)c3ccc(NC(=O)c4ccccc4OCCCN4C(=O)c5ccccc5C4=O)cc3)cc2)c(C(=O)N2CCN(C)CC2)c1. The molecular weight excluding hydrogens is 735 g/mol. The molecule has 1 saturated heterocycles. The molecule has 2 heterocycles. The highest BCUT2D eigenvalue weighted by Crippen LogP contribution is 2.26. The van der Waals surface area contributed by atoms with Crippen LogP contribution < -0.4 is 19.7 Å². The van der Waals surface area contributed by atoms with Crippen molar-refractivity contribution in [2.24, 2.45) is 0 Å². The summed E-state index contributed by atoms with van der Waals surface area (Å²) in [5.74, 6) is -0.279. The Morgan fingerprint density at radius 3 is 2.09 bits per heavy atom. The fraction of sp³-hybridized carbons (Fsp3) is 0.239. The summed E-state index contributed by atoms with van der Waals surface area (Å²) in [5.41, 5.74) is 5.19. The number of aryl methyl sites for hydroxylation is 1. The van der Waals surface area contributed by atoms with E-state index in [9.17, 15) is 24.0 Å². The highest BCUT2D eigenvalue weighted by atomic mass is 16.5. The first-order valence-electron chi connectivity index (χ1n) is 19.2. The molecule has 2 aliphatic heterocycles. The van der Waals surface area contributed by atoms with Gasteiger partial charge in [0.2, 0.25) is 0 Å². The van der Waals surface area contributed by atoms with E-state index in [1.165, 1.54) is 9.80 Å². The number of rotatable bonds is 13. The zero-order chi connectivity index (χ0) is 40.8. The molecule has 12 nitrogen and oxygen atoms in total. The molecule has 5 aromatic rings. The highest BCUT2D eigenvalue weighted by Gasteiger charge is 2.34. The first-order valence-corrected chi connectivity index (χ1v) is 19.2. The standard InChI is InChI=1S/C46H45N5O7/c1-31-13-14-33(40(29-31)44(54)50-26-24-48(2)25-27-50)30-58-36-21-19-35(20-22-36)49(3)43(53)32-15-17-34(18-16-32)47-42(52)39-11-6-7-12-41(39)57-28-8-23-51-45(55)37-9-4-5-10-38(37)46(51)56/h4-7,9-22,29H,8,23-28,30H2,1-3H3,(H,47,52). The van der Waals surface area contributed by atoms with Crippen LogP contribution in [0, 0.1) is 6.92 Å². The third-order valence-electron chi connectivity index (χ3n) is 10.4. The lowest BCUT2D eigenvalue weighted by Crippen LogP contribution is -2.47. The maximum absolute atomic E-state index is 13.4. The summed E-state index contributed by atoms with van der Waals surface area (Å²) >= 11 is 0. The zero-order valence-corrected chi connectivity index (χ0v) is 32.8. The normalized spacial score (nSPS) is 13.9. The van der Waals surface area contributed by atoms with Crippen LogP contribution in [-0.4, -0.2) is 97.7 Å². The topological polar surface area (TPSA) is 129 Å². The molecule has 2 aliphatic rings. The van der Waals surface area contributed by atoms with Crippen LogP contribution in [0.3, 0.4) is 0 Å². The van der Waals surface area contributed by atoms with E-state index >= 15 is 0 Å². The van der Waals surface area contributed by atoms with Gasteiger partial charge in [-0.15, -0.1) is 0 Å². The number of nitrogens with zero attached hydrogens (tertiary/aromatic N) is 4. The van der Waals surface area contributed by atoms with Crippen LogP contribution in [0.15, 0.2) is 115 Å². The average Bonchev–Trinajstić information content (AvgIpc) is 3.49. The Hall–Kier alpha value is -6.79. The number of benzene rings is 5. The monoisotopic (exact) mass is 779 g/mol. The van der Waals surface area contributed by atoms with Crippen LogP contribution in [0.4, 0.5) is 11.4 Å². The Bertz CT molecular complexity index is 2300. The van der Waals surface area contributed by atoms with Gasteiger partial charge in [-0.25, -0.2) is 0 Å². The maximum atomic E-state index is 13.4. The van der Waals surface area contributed by atoms with Crippen LogP contribution >= 0.6 is 0 Å².